The quantitative estimate of drug-likeness (QED) is 0.314. The molecule has 1 aromatic rings. The summed E-state index contributed by atoms with van der Waals surface area (Å²) in [6.45, 7) is 10.7. The average Bonchev–Trinajstić information content (AvgIpc) is 2.64. The molecule has 0 radical (unpaired) electrons. The molecule has 0 saturated carbocycles. The summed E-state index contributed by atoms with van der Waals surface area (Å²) in [5.74, 6) is -1.40. The molecule has 3 nitrogen and oxygen atoms in total. The average molecular weight is 390 g/mol. The Morgan fingerprint density at radius 2 is 1.75 bits per heavy atom. The standard InChI is InChI=1S/C23H28F2O3/c1-8-28-23(26)12-16(4)21(25)13-20(24)14(2)9-10-19-15(3)11-22(27-7)18(6)17(19)5/h9-13H,8H2,1-7H3/b10-9+,16-12+,20-14-,21-13-. The van der Waals surface area contributed by atoms with Crippen molar-refractivity contribution in [2.45, 2.75) is 41.5 Å². The van der Waals surface area contributed by atoms with E-state index in [4.69, 9.17) is 9.47 Å². The molecule has 0 amide bonds. The van der Waals surface area contributed by atoms with E-state index in [2.05, 4.69) is 0 Å². The van der Waals surface area contributed by atoms with Gasteiger partial charge in [0.15, 0.2) is 0 Å². The summed E-state index contributed by atoms with van der Waals surface area (Å²) in [7, 11) is 1.62. The third kappa shape index (κ3) is 6.19. The van der Waals surface area contributed by atoms with Gasteiger partial charge in [-0.15, -0.1) is 0 Å². The molecule has 0 fully saturated rings. The molecule has 0 aliphatic carbocycles. The molecule has 0 bridgehead atoms. The van der Waals surface area contributed by atoms with Crippen LogP contribution in [0.5, 0.6) is 5.75 Å². The molecular formula is C23H28F2O3. The Labute approximate surface area is 166 Å². The fraction of sp³-hybridized carbons (Fsp3) is 0.348. The molecule has 5 heteroatoms. The minimum atomic E-state index is -0.828. The van der Waals surface area contributed by atoms with E-state index >= 15 is 0 Å². The Kier molecular flexibility index (Phi) is 8.83. The molecule has 0 aliphatic rings. The van der Waals surface area contributed by atoms with E-state index in [1.165, 1.54) is 6.92 Å². The van der Waals surface area contributed by atoms with Crippen LogP contribution in [0.2, 0.25) is 0 Å². The van der Waals surface area contributed by atoms with Gasteiger partial charge in [0.1, 0.15) is 17.4 Å². The van der Waals surface area contributed by atoms with Crippen molar-refractivity contribution in [3.05, 3.63) is 69.3 Å². The summed E-state index contributed by atoms with van der Waals surface area (Å²) in [4.78, 5) is 11.4. The normalized spacial score (nSPS) is 13.6. The van der Waals surface area contributed by atoms with Crippen molar-refractivity contribution in [1.29, 1.82) is 0 Å². The molecule has 0 aromatic heterocycles. The van der Waals surface area contributed by atoms with Gasteiger partial charge in [-0.1, -0.05) is 12.2 Å². The first-order valence-electron chi connectivity index (χ1n) is 9.04. The van der Waals surface area contributed by atoms with Crippen LogP contribution in [0.3, 0.4) is 0 Å². The Morgan fingerprint density at radius 3 is 2.32 bits per heavy atom. The first-order valence-corrected chi connectivity index (χ1v) is 9.04. The molecule has 0 saturated heterocycles. The first-order chi connectivity index (χ1) is 13.1. The summed E-state index contributed by atoms with van der Waals surface area (Å²) in [6.07, 6.45) is 5.17. The van der Waals surface area contributed by atoms with Gasteiger partial charge in [-0.2, -0.15) is 0 Å². The lowest BCUT2D eigenvalue weighted by Crippen LogP contribution is -2.00. The fourth-order valence-electron chi connectivity index (χ4n) is 2.59. The topological polar surface area (TPSA) is 35.5 Å². The van der Waals surface area contributed by atoms with Crippen LogP contribution in [-0.2, 0) is 9.53 Å². The van der Waals surface area contributed by atoms with E-state index in [1.807, 2.05) is 26.8 Å². The summed E-state index contributed by atoms with van der Waals surface area (Å²) in [5, 5.41) is 0. The van der Waals surface area contributed by atoms with Crippen LogP contribution in [0.15, 0.2) is 47.1 Å². The molecule has 0 N–H and O–H groups in total. The monoisotopic (exact) mass is 390 g/mol. The third-order valence-electron chi connectivity index (χ3n) is 4.46. The Hall–Kier alpha value is -2.69. The smallest absolute Gasteiger partial charge is 0.331 e. The minimum Gasteiger partial charge on any atom is -0.496 e. The molecule has 0 unspecified atom stereocenters. The van der Waals surface area contributed by atoms with Crippen LogP contribution < -0.4 is 4.74 Å². The van der Waals surface area contributed by atoms with Crippen molar-refractivity contribution < 1.29 is 23.0 Å². The number of hydrogen-bond acceptors (Lipinski definition) is 3. The Morgan fingerprint density at radius 1 is 1.11 bits per heavy atom. The SMILES string of the molecule is CCOC(=O)/C=C(C)/C(F)=C/C(F)=C(C)/C=C/c1c(C)cc(OC)c(C)c1C. The molecule has 0 atom stereocenters. The number of rotatable bonds is 7. The minimum absolute atomic E-state index is 0.00264. The van der Waals surface area contributed by atoms with E-state index in [0.717, 1.165) is 40.2 Å². The maximum absolute atomic E-state index is 14.3. The molecule has 0 spiro atoms. The van der Waals surface area contributed by atoms with Gasteiger partial charge in [-0.3, -0.25) is 0 Å². The van der Waals surface area contributed by atoms with Crippen molar-refractivity contribution in [2.75, 3.05) is 13.7 Å². The Balaban J connectivity index is 3.14. The highest BCUT2D eigenvalue weighted by atomic mass is 19.1. The largest absolute Gasteiger partial charge is 0.496 e. The van der Waals surface area contributed by atoms with E-state index in [-0.39, 0.29) is 17.8 Å². The molecular weight excluding hydrogens is 362 g/mol. The second-order valence-corrected chi connectivity index (χ2v) is 6.50. The highest BCUT2D eigenvalue weighted by molar-refractivity contribution is 5.83. The van der Waals surface area contributed by atoms with E-state index in [0.29, 0.717) is 0 Å². The summed E-state index contributed by atoms with van der Waals surface area (Å²) in [6, 6.07) is 1.93. The maximum Gasteiger partial charge on any atom is 0.331 e. The molecule has 0 heterocycles. The summed E-state index contributed by atoms with van der Waals surface area (Å²) < 4.78 is 38.5. The number of ether oxygens (including phenoxy) is 2. The lowest BCUT2D eigenvalue weighted by atomic mass is 9.96. The van der Waals surface area contributed by atoms with Crippen molar-refractivity contribution >= 4 is 12.0 Å². The predicted molar refractivity (Wildman–Crippen MR) is 110 cm³/mol. The summed E-state index contributed by atoms with van der Waals surface area (Å²) >= 11 is 0. The second kappa shape index (κ2) is 10.6. The van der Waals surface area contributed by atoms with Gasteiger partial charge in [0, 0.05) is 12.2 Å². The zero-order valence-electron chi connectivity index (χ0n) is 17.6. The zero-order valence-corrected chi connectivity index (χ0v) is 17.6. The second-order valence-electron chi connectivity index (χ2n) is 6.50. The summed E-state index contributed by atoms with van der Waals surface area (Å²) in [5.41, 5.74) is 4.29. The number of esters is 1. The molecule has 1 aromatic carbocycles. The van der Waals surface area contributed by atoms with E-state index in [1.54, 1.807) is 33.1 Å². The van der Waals surface area contributed by atoms with Gasteiger partial charge in [-0.05, 0) is 81.0 Å². The van der Waals surface area contributed by atoms with Gasteiger partial charge in [0.05, 0.1) is 13.7 Å². The van der Waals surface area contributed by atoms with Crippen molar-refractivity contribution in [1.82, 2.24) is 0 Å². The van der Waals surface area contributed by atoms with Crippen LogP contribution in [0, 0.1) is 20.8 Å². The number of carbonyl (C=O) groups is 1. The Bertz CT molecular complexity index is 859. The van der Waals surface area contributed by atoms with Gasteiger partial charge in [0.25, 0.3) is 0 Å². The van der Waals surface area contributed by atoms with Gasteiger partial charge < -0.3 is 9.47 Å². The number of benzene rings is 1. The lowest BCUT2D eigenvalue weighted by molar-refractivity contribution is -0.137. The van der Waals surface area contributed by atoms with Crippen molar-refractivity contribution in [3.8, 4) is 5.75 Å². The number of methoxy groups -OCH3 is 1. The zero-order chi connectivity index (χ0) is 21.4. The van der Waals surface area contributed by atoms with Gasteiger partial charge in [-0.25, -0.2) is 13.6 Å². The van der Waals surface area contributed by atoms with Crippen LogP contribution in [-0.4, -0.2) is 19.7 Å². The number of carbonyl (C=O) groups excluding carboxylic acids is 1. The number of aryl methyl sites for hydroxylation is 1. The van der Waals surface area contributed by atoms with Crippen molar-refractivity contribution in [3.63, 3.8) is 0 Å². The molecule has 1 rings (SSSR count). The van der Waals surface area contributed by atoms with Crippen LogP contribution in [0.4, 0.5) is 8.78 Å². The molecule has 152 valence electrons. The van der Waals surface area contributed by atoms with E-state index < -0.39 is 17.6 Å². The highest BCUT2D eigenvalue weighted by Gasteiger charge is 2.09. The highest BCUT2D eigenvalue weighted by Crippen LogP contribution is 2.29. The first kappa shape index (κ1) is 23.3. The van der Waals surface area contributed by atoms with Crippen LogP contribution in [0.1, 0.15) is 43.0 Å². The van der Waals surface area contributed by atoms with Gasteiger partial charge >= 0.3 is 5.97 Å². The fourth-order valence-corrected chi connectivity index (χ4v) is 2.59. The van der Waals surface area contributed by atoms with Crippen LogP contribution in [0.25, 0.3) is 6.08 Å². The molecule has 28 heavy (non-hydrogen) atoms. The predicted octanol–water partition coefficient (Wildman–Crippen LogP) is 6.24. The van der Waals surface area contributed by atoms with Gasteiger partial charge in [0.2, 0.25) is 0 Å². The number of allylic oxidation sites excluding steroid dienone is 6. The van der Waals surface area contributed by atoms with Crippen LogP contribution >= 0.6 is 0 Å². The van der Waals surface area contributed by atoms with E-state index in [9.17, 15) is 13.6 Å². The lowest BCUT2D eigenvalue weighted by Gasteiger charge is -2.13. The third-order valence-corrected chi connectivity index (χ3v) is 4.46. The number of halogens is 2. The molecule has 0 aliphatic heterocycles. The van der Waals surface area contributed by atoms with Crippen molar-refractivity contribution in [2.24, 2.45) is 0 Å². The number of hydrogen-bond donors (Lipinski definition) is 0. The maximum atomic E-state index is 14.3.